The second-order valence-corrected chi connectivity index (χ2v) is 5.45. The molecule has 1 aliphatic carbocycles. The van der Waals surface area contributed by atoms with Gasteiger partial charge in [-0.05, 0) is 37.5 Å². The lowest BCUT2D eigenvalue weighted by atomic mass is 10.2. The van der Waals surface area contributed by atoms with Gasteiger partial charge in [0.15, 0.2) is 0 Å². The van der Waals surface area contributed by atoms with Crippen molar-refractivity contribution in [3.63, 3.8) is 0 Å². The van der Waals surface area contributed by atoms with Gasteiger partial charge in [0.2, 0.25) is 0 Å². The zero-order chi connectivity index (χ0) is 14.1. The lowest BCUT2D eigenvalue weighted by Gasteiger charge is -2.08. The third-order valence-electron chi connectivity index (χ3n) is 3.32. The average Bonchev–Trinajstić information content (AvgIpc) is 3.27. The molecule has 0 unspecified atom stereocenters. The smallest absolute Gasteiger partial charge is 0.258 e. The van der Waals surface area contributed by atoms with E-state index < -0.39 is 0 Å². The monoisotopic (exact) mass is 287 g/mol. The van der Waals surface area contributed by atoms with Crippen molar-refractivity contribution in [2.45, 2.75) is 25.7 Å². The van der Waals surface area contributed by atoms with E-state index in [1.807, 2.05) is 13.0 Å². The highest BCUT2D eigenvalue weighted by Gasteiger charge is 2.26. The quantitative estimate of drug-likeness (QED) is 0.939. The number of aromatic nitrogens is 2. The van der Waals surface area contributed by atoms with E-state index in [4.69, 9.17) is 11.6 Å². The summed E-state index contributed by atoms with van der Waals surface area (Å²) in [6.07, 6.45) is 5.45. The minimum absolute atomic E-state index is 0.224. The van der Waals surface area contributed by atoms with Crippen molar-refractivity contribution in [3.8, 4) is 0 Å². The third-order valence-corrected chi connectivity index (χ3v) is 3.56. The fourth-order valence-electron chi connectivity index (χ4n) is 1.93. The molecule has 1 saturated carbocycles. The van der Waals surface area contributed by atoms with Crippen molar-refractivity contribution in [2.75, 3.05) is 5.32 Å². The van der Waals surface area contributed by atoms with Crippen LogP contribution in [0, 0.1) is 6.92 Å². The maximum Gasteiger partial charge on any atom is 0.258 e. The number of benzene rings is 1. The van der Waals surface area contributed by atoms with Crippen molar-refractivity contribution < 1.29 is 4.79 Å². The number of rotatable bonds is 3. The molecule has 1 amide bonds. The van der Waals surface area contributed by atoms with E-state index in [-0.39, 0.29) is 5.91 Å². The van der Waals surface area contributed by atoms with Crippen LogP contribution in [0.4, 0.5) is 5.69 Å². The predicted molar refractivity (Wildman–Crippen MR) is 78.1 cm³/mol. The van der Waals surface area contributed by atoms with Gasteiger partial charge in [0.25, 0.3) is 5.91 Å². The average molecular weight is 288 g/mol. The molecule has 1 aliphatic rings. The van der Waals surface area contributed by atoms with Gasteiger partial charge in [-0.15, -0.1) is 0 Å². The van der Waals surface area contributed by atoms with Gasteiger partial charge in [-0.25, -0.2) is 9.97 Å². The van der Waals surface area contributed by atoms with E-state index in [1.165, 1.54) is 0 Å². The molecule has 1 aromatic carbocycles. The van der Waals surface area contributed by atoms with Gasteiger partial charge in [0.1, 0.15) is 5.82 Å². The number of anilines is 1. The van der Waals surface area contributed by atoms with Crippen LogP contribution in [-0.4, -0.2) is 15.9 Å². The van der Waals surface area contributed by atoms with Crippen molar-refractivity contribution >= 4 is 23.2 Å². The van der Waals surface area contributed by atoms with Crippen molar-refractivity contribution in [2.24, 2.45) is 0 Å². The van der Waals surface area contributed by atoms with Crippen LogP contribution in [0.2, 0.25) is 5.02 Å². The summed E-state index contributed by atoms with van der Waals surface area (Å²) in [5.41, 5.74) is 2.11. The summed E-state index contributed by atoms with van der Waals surface area (Å²) in [6.45, 7) is 1.92. The van der Waals surface area contributed by atoms with Crippen LogP contribution in [0.15, 0.2) is 30.6 Å². The summed E-state index contributed by atoms with van der Waals surface area (Å²) < 4.78 is 0. The van der Waals surface area contributed by atoms with Gasteiger partial charge in [-0.1, -0.05) is 17.7 Å². The second-order valence-electron chi connectivity index (χ2n) is 5.02. The summed E-state index contributed by atoms with van der Waals surface area (Å²) in [7, 11) is 0. The minimum Gasteiger partial charge on any atom is -0.322 e. The number of halogens is 1. The van der Waals surface area contributed by atoms with Gasteiger partial charge >= 0.3 is 0 Å². The number of hydrogen-bond donors (Lipinski definition) is 1. The highest BCUT2D eigenvalue weighted by Crippen LogP contribution is 2.37. The number of amides is 1. The fourth-order valence-corrected chi connectivity index (χ4v) is 2.10. The first kappa shape index (κ1) is 13.1. The van der Waals surface area contributed by atoms with E-state index >= 15 is 0 Å². The van der Waals surface area contributed by atoms with Gasteiger partial charge in [0.05, 0.1) is 5.56 Å². The molecule has 4 nitrogen and oxygen atoms in total. The lowest BCUT2D eigenvalue weighted by Crippen LogP contribution is -2.14. The molecule has 20 heavy (non-hydrogen) atoms. The number of carbonyl (C=O) groups is 1. The summed E-state index contributed by atoms with van der Waals surface area (Å²) in [6, 6.07) is 5.39. The van der Waals surface area contributed by atoms with Crippen LogP contribution in [0.1, 0.15) is 40.5 Å². The number of aryl methyl sites for hydroxylation is 1. The molecule has 0 spiro atoms. The van der Waals surface area contributed by atoms with Gasteiger partial charge < -0.3 is 5.32 Å². The first-order chi connectivity index (χ1) is 9.63. The number of hydrogen-bond acceptors (Lipinski definition) is 3. The van der Waals surface area contributed by atoms with Crippen LogP contribution in [-0.2, 0) is 0 Å². The Hall–Kier alpha value is -1.94. The molecule has 0 radical (unpaired) electrons. The molecule has 0 bridgehead atoms. The van der Waals surface area contributed by atoms with Crippen molar-refractivity contribution in [1.82, 2.24) is 9.97 Å². The molecule has 1 aromatic heterocycles. The summed E-state index contributed by atoms with van der Waals surface area (Å²) in [5, 5.41) is 3.42. The highest BCUT2D eigenvalue weighted by atomic mass is 35.5. The Morgan fingerprint density at radius 3 is 2.65 bits per heavy atom. The molecule has 5 heteroatoms. The molecule has 0 atom stereocenters. The Balaban J connectivity index is 1.76. The fraction of sp³-hybridized carbons (Fsp3) is 0.267. The third kappa shape index (κ3) is 2.80. The van der Waals surface area contributed by atoms with E-state index in [2.05, 4.69) is 15.3 Å². The molecular formula is C15H14ClN3O. The molecule has 3 rings (SSSR count). The number of nitrogens with zero attached hydrogens (tertiary/aromatic N) is 2. The zero-order valence-corrected chi connectivity index (χ0v) is 11.8. The van der Waals surface area contributed by atoms with E-state index in [0.717, 1.165) is 24.2 Å². The van der Waals surface area contributed by atoms with E-state index in [9.17, 15) is 4.79 Å². The topological polar surface area (TPSA) is 54.9 Å². The zero-order valence-electron chi connectivity index (χ0n) is 11.1. The van der Waals surface area contributed by atoms with Crippen molar-refractivity contribution in [1.29, 1.82) is 0 Å². The minimum atomic E-state index is -0.224. The van der Waals surface area contributed by atoms with Crippen LogP contribution in [0.5, 0.6) is 0 Å². The van der Waals surface area contributed by atoms with Crippen LogP contribution < -0.4 is 5.32 Å². The van der Waals surface area contributed by atoms with Crippen LogP contribution >= 0.6 is 11.6 Å². The maximum absolute atomic E-state index is 12.1. The highest BCUT2D eigenvalue weighted by molar-refractivity contribution is 6.31. The van der Waals surface area contributed by atoms with E-state index in [0.29, 0.717) is 22.2 Å². The Morgan fingerprint density at radius 1 is 1.30 bits per heavy atom. The van der Waals surface area contributed by atoms with Crippen LogP contribution in [0.25, 0.3) is 0 Å². The molecular weight excluding hydrogens is 274 g/mol. The first-order valence-corrected chi connectivity index (χ1v) is 6.91. The van der Waals surface area contributed by atoms with Gasteiger partial charge in [0, 0.05) is 29.0 Å². The molecule has 1 heterocycles. The Kier molecular flexibility index (Phi) is 3.40. The second kappa shape index (κ2) is 5.21. The summed E-state index contributed by atoms with van der Waals surface area (Å²) in [4.78, 5) is 20.6. The Labute approximate surface area is 122 Å². The molecule has 102 valence electrons. The SMILES string of the molecule is Cc1ccc(Cl)cc1NC(=O)c1cnc(C2CC2)nc1. The largest absolute Gasteiger partial charge is 0.322 e. The Bertz CT molecular complexity index is 651. The van der Waals surface area contributed by atoms with Crippen molar-refractivity contribution in [3.05, 3.63) is 52.6 Å². The molecule has 2 aromatic rings. The van der Waals surface area contributed by atoms with E-state index in [1.54, 1.807) is 24.5 Å². The van der Waals surface area contributed by atoms with Gasteiger partial charge in [-0.3, -0.25) is 4.79 Å². The molecule has 1 N–H and O–H groups in total. The standard InChI is InChI=1S/C15H14ClN3O/c1-9-2-5-12(16)6-13(9)19-15(20)11-7-17-14(18-8-11)10-3-4-10/h2,5-8,10H,3-4H2,1H3,(H,19,20). The summed E-state index contributed by atoms with van der Waals surface area (Å²) in [5.74, 6) is 1.10. The summed E-state index contributed by atoms with van der Waals surface area (Å²) >= 11 is 5.93. The van der Waals surface area contributed by atoms with Crippen LogP contribution in [0.3, 0.4) is 0 Å². The molecule has 0 aliphatic heterocycles. The Morgan fingerprint density at radius 2 is 2.00 bits per heavy atom. The number of carbonyl (C=O) groups excluding carboxylic acids is 1. The maximum atomic E-state index is 12.1. The molecule has 1 fully saturated rings. The normalized spacial score (nSPS) is 14.1. The lowest BCUT2D eigenvalue weighted by molar-refractivity contribution is 0.102. The van der Waals surface area contributed by atoms with Gasteiger partial charge in [-0.2, -0.15) is 0 Å². The molecule has 0 saturated heterocycles. The number of nitrogens with one attached hydrogen (secondary N) is 1. The first-order valence-electron chi connectivity index (χ1n) is 6.53. The predicted octanol–water partition coefficient (Wildman–Crippen LogP) is 3.57.